The van der Waals surface area contributed by atoms with E-state index in [1.54, 1.807) is 0 Å². The van der Waals surface area contributed by atoms with Crippen molar-refractivity contribution in [1.82, 2.24) is 15.5 Å². The molecule has 1 amide bonds. The third-order valence-corrected chi connectivity index (χ3v) is 3.99. The average molecular weight is 331 g/mol. The Morgan fingerprint density at radius 1 is 1.38 bits per heavy atom. The van der Waals surface area contributed by atoms with E-state index >= 15 is 0 Å². The smallest absolute Gasteiger partial charge is 0.407 e. The number of hydrogen-bond acceptors (Lipinski definition) is 6. The van der Waals surface area contributed by atoms with Crippen molar-refractivity contribution in [2.75, 3.05) is 18.0 Å². The van der Waals surface area contributed by atoms with Crippen LogP contribution in [0.4, 0.5) is 10.6 Å². The van der Waals surface area contributed by atoms with Gasteiger partial charge in [0.25, 0.3) is 0 Å². The number of aromatic nitrogens is 2. The lowest BCUT2D eigenvalue weighted by molar-refractivity contribution is 0.0500. The van der Waals surface area contributed by atoms with E-state index in [1.165, 1.54) is 0 Å². The number of rotatable bonds is 2. The Labute approximate surface area is 143 Å². The van der Waals surface area contributed by atoms with E-state index in [0.717, 1.165) is 30.6 Å². The summed E-state index contributed by atoms with van der Waals surface area (Å²) in [5, 5.41) is 20.7. The van der Waals surface area contributed by atoms with Crippen molar-refractivity contribution >= 4 is 11.9 Å². The van der Waals surface area contributed by atoms with Gasteiger partial charge in [-0.2, -0.15) is 10.4 Å². The molecule has 0 saturated carbocycles. The van der Waals surface area contributed by atoms with Crippen LogP contribution in [0.15, 0.2) is 0 Å². The molecular weight excluding hydrogens is 306 g/mol. The first-order valence-corrected chi connectivity index (χ1v) is 8.19. The minimum atomic E-state index is -0.522. The van der Waals surface area contributed by atoms with Gasteiger partial charge in [-0.1, -0.05) is 0 Å². The summed E-state index contributed by atoms with van der Waals surface area (Å²) in [6.07, 6.45) is 1.36. The molecule has 1 fully saturated rings. The van der Waals surface area contributed by atoms with E-state index in [0.29, 0.717) is 17.9 Å². The van der Waals surface area contributed by atoms with Gasteiger partial charge >= 0.3 is 6.09 Å². The van der Waals surface area contributed by atoms with Crippen LogP contribution < -0.4 is 10.2 Å². The third kappa shape index (κ3) is 4.34. The lowest BCUT2D eigenvalue weighted by atomic mass is 10.0. The lowest BCUT2D eigenvalue weighted by Gasteiger charge is -2.34. The third-order valence-electron chi connectivity index (χ3n) is 3.99. The Balaban J connectivity index is 2.10. The molecule has 1 aromatic rings. The molecule has 2 heterocycles. The van der Waals surface area contributed by atoms with E-state index in [-0.39, 0.29) is 6.04 Å². The molecule has 7 heteroatoms. The number of carbonyl (C=O) groups is 1. The quantitative estimate of drug-likeness (QED) is 0.895. The highest BCUT2D eigenvalue weighted by molar-refractivity contribution is 5.68. The standard InChI is InChI=1S/C17H25N5O2/c1-11-12(2)20-21-15(14(11)9-18)22-8-6-7-13(10-22)19-16(23)24-17(3,4)5/h13H,6-8,10H2,1-5H3,(H,19,23)/t13-/m0/s1. The number of piperidine rings is 1. The van der Waals surface area contributed by atoms with Gasteiger partial charge in [-0.05, 0) is 53.0 Å². The molecule has 2 rings (SSSR count). The maximum Gasteiger partial charge on any atom is 0.407 e. The molecule has 0 aliphatic carbocycles. The number of nitrogens with one attached hydrogen (secondary N) is 1. The van der Waals surface area contributed by atoms with Crippen LogP contribution in [0.3, 0.4) is 0 Å². The molecule has 1 aliphatic rings. The zero-order valence-electron chi connectivity index (χ0n) is 15.0. The molecule has 1 aromatic heterocycles. The number of ether oxygens (including phenoxy) is 1. The molecule has 0 spiro atoms. The molecule has 130 valence electrons. The molecule has 24 heavy (non-hydrogen) atoms. The number of amides is 1. The molecule has 1 N–H and O–H groups in total. The van der Waals surface area contributed by atoms with E-state index in [1.807, 2.05) is 39.5 Å². The van der Waals surface area contributed by atoms with Crippen molar-refractivity contribution in [2.24, 2.45) is 0 Å². The molecule has 0 bridgehead atoms. The molecule has 0 unspecified atom stereocenters. The summed E-state index contributed by atoms with van der Waals surface area (Å²) in [6, 6.07) is 2.19. The van der Waals surface area contributed by atoms with E-state index in [4.69, 9.17) is 4.74 Å². The zero-order valence-corrected chi connectivity index (χ0v) is 15.0. The van der Waals surface area contributed by atoms with Crippen molar-refractivity contribution < 1.29 is 9.53 Å². The second-order valence-corrected chi connectivity index (χ2v) is 7.15. The van der Waals surface area contributed by atoms with Gasteiger partial charge < -0.3 is 15.0 Å². The van der Waals surface area contributed by atoms with Crippen molar-refractivity contribution in [1.29, 1.82) is 5.26 Å². The predicted molar refractivity (Wildman–Crippen MR) is 90.8 cm³/mol. The van der Waals surface area contributed by atoms with Crippen LogP contribution >= 0.6 is 0 Å². The molecule has 0 aromatic carbocycles. The molecule has 1 atom stereocenters. The number of carbonyl (C=O) groups excluding carboxylic acids is 1. The number of anilines is 1. The number of hydrogen-bond donors (Lipinski definition) is 1. The van der Waals surface area contributed by atoms with Crippen LogP contribution in [0.25, 0.3) is 0 Å². The predicted octanol–water partition coefficient (Wildman–Crippen LogP) is 2.46. The highest BCUT2D eigenvalue weighted by Crippen LogP contribution is 2.24. The largest absolute Gasteiger partial charge is 0.444 e. The first kappa shape index (κ1) is 18.0. The van der Waals surface area contributed by atoms with E-state index in [2.05, 4.69) is 21.6 Å². The zero-order chi connectivity index (χ0) is 17.9. The van der Waals surface area contributed by atoms with Crippen molar-refractivity contribution in [3.63, 3.8) is 0 Å². The van der Waals surface area contributed by atoms with E-state index in [9.17, 15) is 10.1 Å². The maximum absolute atomic E-state index is 12.0. The maximum atomic E-state index is 12.0. The minimum absolute atomic E-state index is 0.0384. The molecule has 0 radical (unpaired) electrons. The van der Waals surface area contributed by atoms with Crippen LogP contribution in [-0.4, -0.2) is 41.0 Å². The normalized spacial score (nSPS) is 18.0. The Kier molecular flexibility index (Phi) is 5.27. The van der Waals surface area contributed by atoms with Gasteiger partial charge in [0.2, 0.25) is 0 Å². The summed E-state index contributed by atoms with van der Waals surface area (Å²) in [5.74, 6) is 0.594. The molecular formula is C17H25N5O2. The topological polar surface area (TPSA) is 91.1 Å². The van der Waals surface area contributed by atoms with E-state index < -0.39 is 11.7 Å². The lowest BCUT2D eigenvalue weighted by Crippen LogP contribution is -2.49. The van der Waals surface area contributed by atoms with Gasteiger partial charge in [0.1, 0.15) is 17.2 Å². The fourth-order valence-corrected chi connectivity index (χ4v) is 2.71. The van der Waals surface area contributed by atoms with Crippen LogP contribution in [-0.2, 0) is 4.74 Å². The van der Waals surface area contributed by atoms with Crippen LogP contribution in [0.2, 0.25) is 0 Å². The fraction of sp³-hybridized carbons (Fsp3) is 0.647. The molecule has 7 nitrogen and oxygen atoms in total. The van der Waals surface area contributed by atoms with Crippen molar-refractivity contribution in [3.05, 3.63) is 16.8 Å². The van der Waals surface area contributed by atoms with Crippen LogP contribution in [0.5, 0.6) is 0 Å². The Bertz CT molecular complexity index is 660. The van der Waals surface area contributed by atoms with Crippen molar-refractivity contribution in [3.8, 4) is 6.07 Å². The Hall–Kier alpha value is -2.36. The molecule has 1 aliphatic heterocycles. The Morgan fingerprint density at radius 3 is 2.71 bits per heavy atom. The second kappa shape index (κ2) is 7.04. The first-order valence-electron chi connectivity index (χ1n) is 8.19. The summed E-state index contributed by atoms with van der Waals surface area (Å²) in [7, 11) is 0. The van der Waals surface area contributed by atoms with Gasteiger partial charge in [-0.3, -0.25) is 0 Å². The summed E-state index contributed by atoms with van der Waals surface area (Å²) >= 11 is 0. The van der Waals surface area contributed by atoms with Gasteiger partial charge in [-0.25, -0.2) is 4.79 Å². The summed E-state index contributed by atoms with van der Waals surface area (Å²) < 4.78 is 5.31. The summed E-state index contributed by atoms with van der Waals surface area (Å²) in [4.78, 5) is 14.0. The second-order valence-electron chi connectivity index (χ2n) is 7.15. The Morgan fingerprint density at radius 2 is 2.08 bits per heavy atom. The number of alkyl carbamates (subject to hydrolysis) is 1. The molecule has 1 saturated heterocycles. The monoisotopic (exact) mass is 331 g/mol. The van der Waals surface area contributed by atoms with Gasteiger partial charge in [0.05, 0.1) is 5.69 Å². The minimum Gasteiger partial charge on any atom is -0.444 e. The number of nitriles is 1. The van der Waals surface area contributed by atoms with Gasteiger partial charge in [-0.15, -0.1) is 5.10 Å². The van der Waals surface area contributed by atoms with Crippen LogP contribution in [0, 0.1) is 25.2 Å². The number of aryl methyl sites for hydroxylation is 1. The fourth-order valence-electron chi connectivity index (χ4n) is 2.71. The van der Waals surface area contributed by atoms with Gasteiger partial charge in [0.15, 0.2) is 5.82 Å². The summed E-state index contributed by atoms with van der Waals surface area (Å²) in [5.41, 5.74) is 1.65. The van der Waals surface area contributed by atoms with Crippen LogP contribution in [0.1, 0.15) is 50.4 Å². The highest BCUT2D eigenvalue weighted by atomic mass is 16.6. The van der Waals surface area contributed by atoms with Gasteiger partial charge in [0, 0.05) is 19.1 Å². The van der Waals surface area contributed by atoms with Crippen molar-refractivity contribution in [2.45, 2.75) is 59.1 Å². The number of nitrogens with zero attached hydrogens (tertiary/aromatic N) is 4. The average Bonchev–Trinajstić information content (AvgIpc) is 2.48. The summed E-state index contributed by atoms with van der Waals surface area (Å²) in [6.45, 7) is 10.6. The SMILES string of the molecule is Cc1nnc(N2CCC[C@H](NC(=O)OC(C)(C)C)C2)c(C#N)c1C. The highest BCUT2D eigenvalue weighted by Gasteiger charge is 2.27. The first-order chi connectivity index (χ1) is 11.2.